The molecule has 4 rings (SSSR count). The second kappa shape index (κ2) is 9.66. The Morgan fingerprint density at radius 3 is 2.41 bits per heavy atom. The minimum absolute atomic E-state index is 0.0395. The van der Waals surface area contributed by atoms with E-state index in [0.29, 0.717) is 6.07 Å². The lowest BCUT2D eigenvalue weighted by Gasteiger charge is -2.34. The summed E-state index contributed by atoms with van der Waals surface area (Å²) < 4.78 is 53.1. The summed E-state index contributed by atoms with van der Waals surface area (Å²) in [5.41, 5.74) is 3.98. The van der Waals surface area contributed by atoms with Gasteiger partial charge in [0, 0.05) is 43.1 Å². The monoisotopic (exact) mass is 473 g/mol. The Morgan fingerprint density at radius 1 is 1.00 bits per heavy atom. The van der Waals surface area contributed by atoms with Crippen molar-refractivity contribution >= 4 is 5.82 Å². The first kappa shape index (κ1) is 24.1. The molecule has 1 aromatic carbocycles. The van der Waals surface area contributed by atoms with Crippen LogP contribution in [-0.2, 0) is 12.7 Å². The highest BCUT2D eigenvalue weighted by Gasteiger charge is 2.34. The van der Waals surface area contributed by atoms with Gasteiger partial charge in [0.25, 0.3) is 0 Å². The molecular formula is C25H27F4N5. The van der Waals surface area contributed by atoms with Gasteiger partial charge in [-0.2, -0.15) is 13.2 Å². The van der Waals surface area contributed by atoms with Gasteiger partial charge in [-0.25, -0.2) is 4.39 Å². The Bertz CT molecular complexity index is 1170. The van der Waals surface area contributed by atoms with Crippen LogP contribution in [0.3, 0.4) is 0 Å². The number of alkyl halides is 3. The normalized spacial score (nSPS) is 15.1. The average Bonchev–Trinajstić information content (AvgIpc) is 2.80. The highest BCUT2D eigenvalue weighted by atomic mass is 19.4. The molecule has 0 unspecified atom stereocenters. The van der Waals surface area contributed by atoms with Gasteiger partial charge in [-0.3, -0.25) is 4.98 Å². The molecular weight excluding hydrogens is 446 g/mol. The Hall–Kier alpha value is -3.07. The first-order valence-corrected chi connectivity index (χ1v) is 11.2. The lowest BCUT2D eigenvalue weighted by atomic mass is 10.0. The summed E-state index contributed by atoms with van der Waals surface area (Å²) in [7, 11) is 0. The molecule has 0 aliphatic carbocycles. The maximum Gasteiger partial charge on any atom is 0.416 e. The second-order valence-electron chi connectivity index (χ2n) is 8.75. The SMILES string of the molecule is Cc1cc(-c2nnc(N3CCC(NCc4ccc(F)cc4C(F)(F)F)CC3)c(C)c2C)ccn1. The molecule has 5 nitrogen and oxygen atoms in total. The molecule has 3 heterocycles. The lowest BCUT2D eigenvalue weighted by molar-refractivity contribution is -0.138. The van der Waals surface area contributed by atoms with Gasteiger partial charge in [-0.05, 0) is 74.6 Å². The average molecular weight is 474 g/mol. The van der Waals surface area contributed by atoms with Crippen LogP contribution < -0.4 is 10.2 Å². The summed E-state index contributed by atoms with van der Waals surface area (Å²) in [6, 6.07) is 6.80. The van der Waals surface area contributed by atoms with Crippen molar-refractivity contribution in [1.29, 1.82) is 0 Å². The zero-order chi connectivity index (χ0) is 24.5. The van der Waals surface area contributed by atoms with Crippen LogP contribution in [0, 0.1) is 26.6 Å². The third-order valence-electron chi connectivity index (χ3n) is 6.42. The van der Waals surface area contributed by atoms with E-state index in [1.165, 1.54) is 6.07 Å². The van der Waals surface area contributed by atoms with Gasteiger partial charge in [0.15, 0.2) is 5.82 Å². The lowest BCUT2D eigenvalue weighted by Crippen LogP contribution is -2.43. The third kappa shape index (κ3) is 5.19. The Kier molecular flexibility index (Phi) is 6.84. The first-order chi connectivity index (χ1) is 16.1. The van der Waals surface area contributed by atoms with Crippen LogP contribution in [0.2, 0.25) is 0 Å². The van der Waals surface area contributed by atoms with Crippen LogP contribution in [0.15, 0.2) is 36.5 Å². The topological polar surface area (TPSA) is 53.9 Å². The largest absolute Gasteiger partial charge is 0.416 e. The van der Waals surface area contributed by atoms with E-state index in [1.807, 2.05) is 32.9 Å². The predicted molar refractivity (Wildman–Crippen MR) is 123 cm³/mol. The standard InChI is InChI=1S/C25H27F4N5/c1-15-12-18(6-9-30-15)23-16(2)17(3)24(33-32-23)34-10-7-21(8-11-34)31-14-19-4-5-20(26)13-22(19)25(27,28)29/h4-6,9,12-13,21,31H,7-8,10-11,14H2,1-3H3. The van der Waals surface area contributed by atoms with Crippen molar-refractivity contribution in [2.75, 3.05) is 18.0 Å². The molecule has 1 saturated heterocycles. The summed E-state index contributed by atoms with van der Waals surface area (Å²) in [6.07, 6.45) is -1.31. The van der Waals surface area contributed by atoms with E-state index >= 15 is 0 Å². The summed E-state index contributed by atoms with van der Waals surface area (Å²) in [6.45, 7) is 7.48. The highest BCUT2D eigenvalue weighted by molar-refractivity contribution is 5.67. The number of piperidine rings is 1. The van der Waals surface area contributed by atoms with Crippen molar-refractivity contribution in [1.82, 2.24) is 20.5 Å². The molecule has 0 bridgehead atoms. The van der Waals surface area contributed by atoms with Gasteiger partial charge >= 0.3 is 6.18 Å². The number of aromatic nitrogens is 3. The predicted octanol–water partition coefficient (Wildman–Crippen LogP) is 5.38. The second-order valence-corrected chi connectivity index (χ2v) is 8.75. The fraction of sp³-hybridized carbons (Fsp3) is 0.400. The van der Waals surface area contributed by atoms with Crippen LogP contribution in [-0.4, -0.2) is 34.3 Å². The van der Waals surface area contributed by atoms with Crippen LogP contribution in [0.1, 0.15) is 40.8 Å². The number of aryl methyl sites for hydroxylation is 1. The number of anilines is 1. The van der Waals surface area contributed by atoms with E-state index < -0.39 is 17.6 Å². The fourth-order valence-corrected chi connectivity index (χ4v) is 4.38. The zero-order valence-electron chi connectivity index (χ0n) is 19.4. The van der Waals surface area contributed by atoms with E-state index in [1.54, 1.807) is 6.20 Å². The molecule has 0 radical (unpaired) electrons. The van der Waals surface area contributed by atoms with Crippen LogP contribution >= 0.6 is 0 Å². The van der Waals surface area contributed by atoms with Crippen LogP contribution in [0.4, 0.5) is 23.4 Å². The number of nitrogens with zero attached hydrogens (tertiary/aromatic N) is 4. The molecule has 1 aliphatic rings. The van der Waals surface area contributed by atoms with E-state index in [4.69, 9.17) is 0 Å². The molecule has 0 atom stereocenters. The summed E-state index contributed by atoms with van der Waals surface area (Å²) in [5, 5.41) is 12.2. The molecule has 1 fully saturated rings. The van der Waals surface area contributed by atoms with Crippen LogP contribution in [0.25, 0.3) is 11.3 Å². The number of nitrogens with one attached hydrogen (secondary N) is 1. The van der Waals surface area contributed by atoms with Gasteiger partial charge < -0.3 is 10.2 Å². The molecule has 1 aliphatic heterocycles. The van der Waals surface area contributed by atoms with Gasteiger partial charge in [0.1, 0.15) is 5.82 Å². The molecule has 180 valence electrons. The third-order valence-corrected chi connectivity index (χ3v) is 6.42. The van der Waals surface area contributed by atoms with Crippen molar-refractivity contribution < 1.29 is 17.6 Å². The van der Waals surface area contributed by atoms with E-state index in [2.05, 4.69) is 25.4 Å². The van der Waals surface area contributed by atoms with Crippen LogP contribution in [0.5, 0.6) is 0 Å². The molecule has 0 saturated carbocycles. The fourth-order valence-electron chi connectivity index (χ4n) is 4.38. The number of rotatable bonds is 5. The number of pyridine rings is 1. The van der Waals surface area contributed by atoms with Gasteiger partial charge in [0.2, 0.25) is 0 Å². The molecule has 0 spiro atoms. The summed E-state index contributed by atoms with van der Waals surface area (Å²) >= 11 is 0. The Balaban J connectivity index is 1.41. The quantitative estimate of drug-likeness (QED) is 0.505. The summed E-state index contributed by atoms with van der Waals surface area (Å²) in [4.78, 5) is 6.41. The van der Waals surface area contributed by atoms with Gasteiger partial charge in [-0.1, -0.05) is 6.07 Å². The minimum Gasteiger partial charge on any atom is -0.355 e. The maximum atomic E-state index is 13.3. The molecule has 2 aromatic heterocycles. The Labute approximate surface area is 196 Å². The minimum atomic E-state index is -4.59. The number of halogens is 4. The van der Waals surface area contributed by atoms with Crippen molar-refractivity contribution in [2.45, 2.75) is 52.4 Å². The molecule has 3 aromatic rings. The van der Waals surface area contributed by atoms with Crippen molar-refractivity contribution in [3.8, 4) is 11.3 Å². The molecule has 1 N–H and O–H groups in total. The van der Waals surface area contributed by atoms with Crippen molar-refractivity contribution in [3.63, 3.8) is 0 Å². The van der Waals surface area contributed by atoms with E-state index in [0.717, 1.165) is 65.9 Å². The van der Waals surface area contributed by atoms with Crippen molar-refractivity contribution in [3.05, 3.63) is 70.3 Å². The molecule has 34 heavy (non-hydrogen) atoms. The zero-order valence-corrected chi connectivity index (χ0v) is 19.4. The summed E-state index contributed by atoms with van der Waals surface area (Å²) in [5.74, 6) is -0.0513. The highest BCUT2D eigenvalue weighted by Crippen LogP contribution is 2.33. The Morgan fingerprint density at radius 2 is 1.74 bits per heavy atom. The van der Waals surface area contributed by atoms with Gasteiger partial charge in [0.05, 0.1) is 11.3 Å². The van der Waals surface area contributed by atoms with E-state index in [-0.39, 0.29) is 18.2 Å². The van der Waals surface area contributed by atoms with E-state index in [9.17, 15) is 17.6 Å². The van der Waals surface area contributed by atoms with Crippen molar-refractivity contribution in [2.24, 2.45) is 0 Å². The number of hydrogen-bond donors (Lipinski definition) is 1. The smallest absolute Gasteiger partial charge is 0.355 e. The van der Waals surface area contributed by atoms with Gasteiger partial charge in [-0.15, -0.1) is 10.2 Å². The molecule has 9 heteroatoms. The maximum absolute atomic E-state index is 13.3. The first-order valence-electron chi connectivity index (χ1n) is 11.2. The molecule has 0 amide bonds. The number of benzene rings is 1. The number of hydrogen-bond acceptors (Lipinski definition) is 5.